The predicted octanol–water partition coefficient (Wildman–Crippen LogP) is 2.07. The molecule has 0 saturated heterocycles. The van der Waals surface area contributed by atoms with E-state index in [9.17, 15) is 8.42 Å². The summed E-state index contributed by atoms with van der Waals surface area (Å²) in [5, 5.41) is 0. The zero-order valence-corrected chi connectivity index (χ0v) is 15.6. The van der Waals surface area contributed by atoms with E-state index in [1.54, 1.807) is 24.3 Å². The summed E-state index contributed by atoms with van der Waals surface area (Å²) in [5.41, 5.74) is 5.30. The van der Waals surface area contributed by atoms with Crippen LogP contribution in [0.4, 0.5) is 0 Å². The lowest BCUT2D eigenvalue weighted by Crippen LogP contribution is -2.51. The van der Waals surface area contributed by atoms with E-state index in [2.05, 4.69) is 4.72 Å². The molecule has 0 atom stereocenters. The summed E-state index contributed by atoms with van der Waals surface area (Å²) in [7, 11) is -3.57. The van der Waals surface area contributed by atoms with Crippen molar-refractivity contribution in [3.05, 3.63) is 24.3 Å². The minimum Gasteiger partial charge on any atom is -0.491 e. The summed E-state index contributed by atoms with van der Waals surface area (Å²) in [6.45, 7) is 3.84. The van der Waals surface area contributed by atoms with Crippen molar-refractivity contribution in [2.75, 3.05) is 26.4 Å². The van der Waals surface area contributed by atoms with Crippen molar-refractivity contribution in [1.29, 1.82) is 0 Å². The molecule has 0 bridgehead atoms. The van der Waals surface area contributed by atoms with Crippen LogP contribution in [0.3, 0.4) is 0 Å². The van der Waals surface area contributed by atoms with Crippen LogP contribution in [0.25, 0.3) is 0 Å². The zero-order chi connectivity index (χ0) is 16.8. The van der Waals surface area contributed by atoms with E-state index >= 15 is 0 Å². The van der Waals surface area contributed by atoms with E-state index in [0.717, 1.165) is 25.7 Å². The van der Waals surface area contributed by atoms with Gasteiger partial charge in [0.05, 0.1) is 11.5 Å². The van der Waals surface area contributed by atoms with Crippen LogP contribution in [0.15, 0.2) is 29.2 Å². The molecular weight excluding hydrogens is 352 g/mol. The molecule has 0 amide bonds. The number of benzene rings is 1. The Balaban J connectivity index is 0.00000288. The van der Waals surface area contributed by atoms with Crippen molar-refractivity contribution in [2.24, 2.45) is 5.73 Å². The third-order valence-corrected chi connectivity index (χ3v) is 5.73. The van der Waals surface area contributed by atoms with Gasteiger partial charge < -0.3 is 15.2 Å². The molecule has 3 N–H and O–H groups in total. The molecule has 0 aromatic heterocycles. The molecule has 2 rings (SSSR count). The van der Waals surface area contributed by atoms with E-state index in [4.69, 9.17) is 15.2 Å². The number of hydrogen-bond acceptors (Lipinski definition) is 5. The van der Waals surface area contributed by atoms with Crippen LogP contribution >= 0.6 is 12.4 Å². The lowest BCUT2D eigenvalue weighted by molar-refractivity contribution is 0.110. The number of nitrogens with one attached hydrogen (secondary N) is 1. The SMILES string of the molecule is CCOCCOc1ccc(S(=O)(=O)NC2(CN)CCCC2)cc1.Cl. The van der Waals surface area contributed by atoms with E-state index < -0.39 is 15.6 Å². The molecule has 0 unspecified atom stereocenters. The Morgan fingerprint density at radius 1 is 1.17 bits per heavy atom. The van der Waals surface area contributed by atoms with E-state index in [1.807, 2.05) is 6.92 Å². The first-order chi connectivity index (χ1) is 11.0. The molecule has 1 aliphatic rings. The van der Waals surface area contributed by atoms with Gasteiger partial charge in [0.25, 0.3) is 0 Å². The number of rotatable bonds is 9. The van der Waals surface area contributed by atoms with Crippen molar-refractivity contribution in [2.45, 2.75) is 43.0 Å². The number of nitrogens with two attached hydrogens (primary N) is 1. The summed E-state index contributed by atoms with van der Waals surface area (Å²) in [4.78, 5) is 0.231. The molecule has 0 spiro atoms. The van der Waals surface area contributed by atoms with Crippen molar-refractivity contribution >= 4 is 22.4 Å². The maximum atomic E-state index is 12.5. The van der Waals surface area contributed by atoms with Gasteiger partial charge in [0.15, 0.2) is 0 Å². The van der Waals surface area contributed by atoms with Crippen molar-refractivity contribution in [3.63, 3.8) is 0 Å². The molecule has 8 heteroatoms. The number of halogens is 1. The second-order valence-electron chi connectivity index (χ2n) is 5.81. The maximum Gasteiger partial charge on any atom is 0.241 e. The van der Waals surface area contributed by atoms with Crippen LogP contribution in [0.5, 0.6) is 5.75 Å². The maximum absolute atomic E-state index is 12.5. The largest absolute Gasteiger partial charge is 0.491 e. The van der Waals surface area contributed by atoms with Gasteiger partial charge in [-0.05, 0) is 44.0 Å². The van der Waals surface area contributed by atoms with E-state index in [0.29, 0.717) is 32.1 Å². The van der Waals surface area contributed by atoms with Crippen molar-refractivity contribution < 1.29 is 17.9 Å². The van der Waals surface area contributed by atoms with Gasteiger partial charge in [-0.25, -0.2) is 13.1 Å². The second kappa shape index (κ2) is 9.58. The molecule has 0 radical (unpaired) electrons. The first-order valence-electron chi connectivity index (χ1n) is 8.06. The molecule has 1 fully saturated rings. The topological polar surface area (TPSA) is 90.6 Å². The lowest BCUT2D eigenvalue weighted by atomic mass is 10.0. The van der Waals surface area contributed by atoms with Crippen LogP contribution in [-0.2, 0) is 14.8 Å². The fourth-order valence-corrected chi connectivity index (χ4v) is 4.29. The van der Waals surface area contributed by atoms with Gasteiger partial charge in [0.1, 0.15) is 12.4 Å². The molecule has 1 aromatic carbocycles. The Bertz CT molecular complexity index is 587. The Labute approximate surface area is 150 Å². The molecule has 6 nitrogen and oxygen atoms in total. The molecule has 138 valence electrons. The third kappa shape index (κ3) is 5.60. The first kappa shape index (κ1) is 21.2. The minimum atomic E-state index is -3.57. The molecule has 0 heterocycles. The van der Waals surface area contributed by atoms with Gasteiger partial charge in [0.2, 0.25) is 10.0 Å². The number of sulfonamides is 1. The predicted molar refractivity (Wildman–Crippen MR) is 96.3 cm³/mol. The van der Waals surface area contributed by atoms with E-state index in [-0.39, 0.29) is 17.3 Å². The molecular formula is C16H27ClN2O4S. The summed E-state index contributed by atoms with van der Waals surface area (Å²) in [6.07, 6.45) is 3.60. The van der Waals surface area contributed by atoms with Crippen LogP contribution in [-0.4, -0.2) is 40.3 Å². The van der Waals surface area contributed by atoms with Gasteiger partial charge in [-0.1, -0.05) is 12.8 Å². The quantitative estimate of drug-likeness (QED) is 0.642. The highest BCUT2D eigenvalue weighted by atomic mass is 35.5. The number of ether oxygens (including phenoxy) is 2. The highest BCUT2D eigenvalue weighted by Gasteiger charge is 2.36. The molecule has 0 aliphatic heterocycles. The van der Waals surface area contributed by atoms with Gasteiger partial charge in [0, 0.05) is 18.7 Å². The lowest BCUT2D eigenvalue weighted by Gasteiger charge is -2.28. The standard InChI is InChI=1S/C16H26N2O4S.ClH/c1-2-21-11-12-22-14-5-7-15(8-6-14)23(19,20)18-16(13-17)9-3-4-10-16;/h5-8,18H,2-4,9-13,17H2,1H3;1H. The van der Waals surface area contributed by atoms with Gasteiger partial charge in [-0.15, -0.1) is 12.4 Å². The van der Waals surface area contributed by atoms with Gasteiger partial charge in [-0.2, -0.15) is 0 Å². The Kier molecular flexibility index (Phi) is 8.45. The first-order valence-corrected chi connectivity index (χ1v) is 9.54. The summed E-state index contributed by atoms with van der Waals surface area (Å²) < 4.78 is 38.5. The molecule has 24 heavy (non-hydrogen) atoms. The monoisotopic (exact) mass is 378 g/mol. The fourth-order valence-electron chi connectivity index (χ4n) is 2.82. The smallest absolute Gasteiger partial charge is 0.241 e. The van der Waals surface area contributed by atoms with Gasteiger partial charge in [-0.3, -0.25) is 0 Å². The zero-order valence-electron chi connectivity index (χ0n) is 14.0. The van der Waals surface area contributed by atoms with Crippen LogP contribution < -0.4 is 15.2 Å². The average Bonchev–Trinajstić information content (AvgIpc) is 3.00. The molecule has 1 aliphatic carbocycles. The van der Waals surface area contributed by atoms with Crippen LogP contribution in [0.1, 0.15) is 32.6 Å². The summed E-state index contributed by atoms with van der Waals surface area (Å²) in [5.74, 6) is 0.623. The van der Waals surface area contributed by atoms with Crippen molar-refractivity contribution in [3.8, 4) is 5.75 Å². The van der Waals surface area contributed by atoms with Crippen molar-refractivity contribution in [1.82, 2.24) is 4.72 Å². The fraction of sp³-hybridized carbons (Fsp3) is 0.625. The summed E-state index contributed by atoms with van der Waals surface area (Å²) in [6, 6.07) is 6.42. The second-order valence-corrected chi connectivity index (χ2v) is 7.50. The third-order valence-electron chi connectivity index (χ3n) is 4.14. The molecule has 1 saturated carbocycles. The van der Waals surface area contributed by atoms with Crippen LogP contribution in [0.2, 0.25) is 0 Å². The highest BCUT2D eigenvalue weighted by Crippen LogP contribution is 2.30. The minimum absolute atomic E-state index is 0. The number of hydrogen-bond donors (Lipinski definition) is 2. The Hall–Kier alpha value is -0.860. The summed E-state index contributed by atoms with van der Waals surface area (Å²) >= 11 is 0. The average molecular weight is 379 g/mol. The highest BCUT2D eigenvalue weighted by molar-refractivity contribution is 7.89. The molecule has 1 aromatic rings. The van der Waals surface area contributed by atoms with Crippen LogP contribution in [0, 0.1) is 0 Å². The normalized spacial score (nSPS) is 16.6. The van der Waals surface area contributed by atoms with E-state index in [1.165, 1.54) is 0 Å². The Morgan fingerprint density at radius 3 is 2.33 bits per heavy atom. The Morgan fingerprint density at radius 2 is 1.79 bits per heavy atom. The van der Waals surface area contributed by atoms with Gasteiger partial charge >= 0.3 is 0 Å².